The Hall–Kier alpha value is -2.70. The highest BCUT2D eigenvalue weighted by Crippen LogP contribution is 2.18. The molecule has 1 heterocycles. The largest absolute Gasteiger partial charge is 0.349 e. The van der Waals surface area contributed by atoms with Crippen LogP contribution in [-0.2, 0) is 11.2 Å². The molecule has 2 amide bonds. The highest BCUT2D eigenvalue weighted by Gasteiger charge is 2.17. The van der Waals surface area contributed by atoms with E-state index in [1.54, 1.807) is 31.2 Å². The van der Waals surface area contributed by atoms with Gasteiger partial charge in [-0.3, -0.25) is 9.59 Å². The molecule has 0 saturated heterocycles. The van der Waals surface area contributed by atoms with Gasteiger partial charge in [-0.05, 0) is 50.5 Å². The predicted octanol–water partition coefficient (Wildman–Crippen LogP) is 3.01. The number of anilines is 1. The Labute approximate surface area is 152 Å². The number of rotatable bonds is 7. The van der Waals surface area contributed by atoms with E-state index in [-0.39, 0.29) is 11.8 Å². The molecular weight excluding hydrogens is 332 g/mol. The van der Waals surface area contributed by atoms with Crippen LogP contribution in [0.5, 0.6) is 0 Å². The maximum atomic E-state index is 12.2. The van der Waals surface area contributed by atoms with Crippen LogP contribution in [0.2, 0.25) is 0 Å². The Kier molecular flexibility index (Phi) is 5.99. The smallest absolute Gasteiger partial charge is 0.251 e. The second-order valence-corrected chi connectivity index (χ2v) is 6.67. The topological polar surface area (TPSA) is 97.1 Å². The Bertz CT molecular complexity index is 748. The molecule has 0 atom stereocenters. The molecule has 7 nitrogen and oxygen atoms in total. The third kappa shape index (κ3) is 5.15. The number of nitrogens with one attached hydrogen (secondary N) is 2. The van der Waals surface area contributed by atoms with E-state index >= 15 is 0 Å². The molecule has 1 fully saturated rings. The normalized spacial score (nSPS) is 14.3. The molecule has 3 rings (SSSR count). The number of amides is 2. The van der Waals surface area contributed by atoms with Gasteiger partial charge in [-0.2, -0.15) is 4.98 Å². The summed E-state index contributed by atoms with van der Waals surface area (Å²) in [4.78, 5) is 28.3. The van der Waals surface area contributed by atoms with Crippen LogP contribution in [0.1, 0.15) is 60.6 Å². The van der Waals surface area contributed by atoms with E-state index in [0.29, 0.717) is 48.3 Å². The molecule has 0 radical (unpaired) electrons. The molecule has 1 saturated carbocycles. The summed E-state index contributed by atoms with van der Waals surface area (Å²) in [7, 11) is 0. The lowest BCUT2D eigenvalue weighted by atomic mass is 10.1. The number of nitrogens with zero attached hydrogens (tertiary/aromatic N) is 2. The molecule has 0 spiro atoms. The molecule has 2 aromatic rings. The van der Waals surface area contributed by atoms with E-state index in [1.165, 1.54) is 12.8 Å². The van der Waals surface area contributed by atoms with Crippen LogP contribution in [0.15, 0.2) is 28.8 Å². The molecule has 26 heavy (non-hydrogen) atoms. The fraction of sp³-hybridized carbons (Fsp3) is 0.474. The second kappa shape index (κ2) is 8.60. The first-order valence-electron chi connectivity index (χ1n) is 9.10. The fourth-order valence-electron chi connectivity index (χ4n) is 3.11. The van der Waals surface area contributed by atoms with Gasteiger partial charge >= 0.3 is 0 Å². The number of carbonyl (C=O) groups excluding carboxylic acids is 2. The standard InChI is InChI=1S/C19H24N4O3/c1-13-20-18(26-23-13)8-4-7-17(24)21-16-11-9-14(10-12-16)19(25)22-15-5-2-3-6-15/h9-12,15H,2-8H2,1H3,(H,21,24)(H,22,25). The molecular formula is C19H24N4O3. The Morgan fingerprint density at radius 1 is 1.19 bits per heavy atom. The first-order valence-corrected chi connectivity index (χ1v) is 9.10. The van der Waals surface area contributed by atoms with Gasteiger partial charge in [0.05, 0.1) is 0 Å². The molecule has 1 aliphatic rings. The quantitative estimate of drug-likeness (QED) is 0.795. The summed E-state index contributed by atoms with van der Waals surface area (Å²) in [6, 6.07) is 7.28. The highest BCUT2D eigenvalue weighted by atomic mass is 16.5. The summed E-state index contributed by atoms with van der Waals surface area (Å²) in [6.45, 7) is 1.76. The first-order chi connectivity index (χ1) is 12.6. The molecule has 1 aliphatic carbocycles. The van der Waals surface area contributed by atoms with Crippen LogP contribution in [-0.4, -0.2) is 28.0 Å². The van der Waals surface area contributed by atoms with Crippen LogP contribution in [0.25, 0.3) is 0 Å². The van der Waals surface area contributed by atoms with E-state index in [2.05, 4.69) is 20.8 Å². The van der Waals surface area contributed by atoms with Crippen molar-refractivity contribution in [3.8, 4) is 0 Å². The highest BCUT2D eigenvalue weighted by molar-refractivity contribution is 5.96. The molecule has 0 bridgehead atoms. The van der Waals surface area contributed by atoms with Crippen molar-refractivity contribution in [1.29, 1.82) is 0 Å². The maximum Gasteiger partial charge on any atom is 0.251 e. The third-order valence-corrected chi connectivity index (χ3v) is 4.49. The fourth-order valence-corrected chi connectivity index (χ4v) is 3.11. The lowest BCUT2D eigenvalue weighted by molar-refractivity contribution is -0.116. The molecule has 1 aromatic heterocycles. The minimum absolute atomic E-state index is 0.0513. The van der Waals surface area contributed by atoms with Gasteiger partial charge in [0.2, 0.25) is 11.8 Å². The number of carbonyl (C=O) groups is 2. The summed E-state index contributed by atoms with van der Waals surface area (Å²) < 4.78 is 5.02. The second-order valence-electron chi connectivity index (χ2n) is 6.67. The number of benzene rings is 1. The monoisotopic (exact) mass is 356 g/mol. The van der Waals surface area contributed by atoms with Crippen LogP contribution >= 0.6 is 0 Å². The van der Waals surface area contributed by atoms with Gasteiger partial charge in [-0.15, -0.1) is 0 Å². The van der Waals surface area contributed by atoms with Crippen molar-refractivity contribution in [2.24, 2.45) is 0 Å². The zero-order valence-corrected chi connectivity index (χ0v) is 15.0. The summed E-state index contributed by atoms with van der Waals surface area (Å²) >= 11 is 0. The van der Waals surface area contributed by atoms with Crippen molar-refractivity contribution in [2.45, 2.75) is 57.9 Å². The van der Waals surface area contributed by atoms with Crippen LogP contribution < -0.4 is 10.6 Å². The summed E-state index contributed by atoms with van der Waals surface area (Å²) in [5.74, 6) is 1.02. The van der Waals surface area contributed by atoms with Gasteiger partial charge < -0.3 is 15.2 Å². The molecule has 0 aliphatic heterocycles. The van der Waals surface area contributed by atoms with Crippen molar-refractivity contribution in [3.05, 3.63) is 41.5 Å². The van der Waals surface area contributed by atoms with Crippen LogP contribution in [0, 0.1) is 6.92 Å². The van der Waals surface area contributed by atoms with E-state index in [1.807, 2.05) is 0 Å². The minimum Gasteiger partial charge on any atom is -0.349 e. The van der Waals surface area contributed by atoms with E-state index in [4.69, 9.17) is 4.52 Å². The first kappa shape index (κ1) is 18.1. The zero-order chi connectivity index (χ0) is 18.4. The van der Waals surface area contributed by atoms with Gasteiger partial charge in [-0.1, -0.05) is 18.0 Å². The third-order valence-electron chi connectivity index (χ3n) is 4.49. The number of aryl methyl sites for hydroxylation is 2. The van der Waals surface area contributed by atoms with Gasteiger partial charge in [0.15, 0.2) is 5.82 Å². The van der Waals surface area contributed by atoms with Crippen molar-refractivity contribution < 1.29 is 14.1 Å². The Morgan fingerprint density at radius 2 is 1.92 bits per heavy atom. The van der Waals surface area contributed by atoms with Gasteiger partial charge in [-0.25, -0.2) is 0 Å². The van der Waals surface area contributed by atoms with E-state index in [0.717, 1.165) is 12.8 Å². The SMILES string of the molecule is Cc1noc(CCCC(=O)Nc2ccc(C(=O)NC3CCCC3)cc2)n1. The van der Waals surface area contributed by atoms with E-state index in [9.17, 15) is 9.59 Å². The van der Waals surface area contributed by atoms with Gasteiger partial charge in [0.1, 0.15) is 0 Å². The lowest BCUT2D eigenvalue weighted by Gasteiger charge is -2.12. The van der Waals surface area contributed by atoms with E-state index < -0.39 is 0 Å². The summed E-state index contributed by atoms with van der Waals surface area (Å²) in [6.07, 6.45) is 6.06. The van der Waals surface area contributed by atoms with Crippen molar-refractivity contribution in [3.63, 3.8) is 0 Å². The molecule has 2 N–H and O–H groups in total. The van der Waals surface area contributed by atoms with Crippen molar-refractivity contribution in [1.82, 2.24) is 15.5 Å². The average Bonchev–Trinajstić information content (AvgIpc) is 3.27. The Morgan fingerprint density at radius 3 is 2.58 bits per heavy atom. The summed E-state index contributed by atoms with van der Waals surface area (Å²) in [5.41, 5.74) is 1.29. The van der Waals surface area contributed by atoms with Crippen LogP contribution in [0.4, 0.5) is 5.69 Å². The predicted molar refractivity (Wildman–Crippen MR) is 96.8 cm³/mol. The molecule has 0 unspecified atom stereocenters. The van der Waals surface area contributed by atoms with Gasteiger partial charge in [0.25, 0.3) is 5.91 Å². The molecule has 1 aromatic carbocycles. The minimum atomic E-state index is -0.0793. The van der Waals surface area contributed by atoms with Crippen molar-refractivity contribution in [2.75, 3.05) is 5.32 Å². The molecule has 138 valence electrons. The lowest BCUT2D eigenvalue weighted by Crippen LogP contribution is -2.32. The zero-order valence-electron chi connectivity index (χ0n) is 15.0. The summed E-state index contributed by atoms with van der Waals surface area (Å²) in [5, 5.41) is 9.61. The number of hydrogen-bond donors (Lipinski definition) is 2. The average molecular weight is 356 g/mol. The van der Waals surface area contributed by atoms with Gasteiger partial charge in [0, 0.05) is 30.1 Å². The van der Waals surface area contributed by atoms with Crippen LogP contribution in [0.3, 0.4) is 0 Å². The van der Waals surface area contributed by atoms with Crippen molar-refractivity contribution >= 4 is 17.5 Å². The number of hydrogen-bond acceptors (Lipinski definition) is 5. The maximum absolute atomic E-state index is 12.2. The molecule has 7 heteroatoms. The Balaban J connectivity index is 1.42. The number of aromatic nitrogens is 2.